The SMILES string of the molecule is CCCC(CCC)S(=O)(=O)C[C@H](NC(=O)CS(C)(=O)=O)C(=O)N[C@@H](Cc1ccccc1)[C@H](O)CNCc1cccc(OC)c1. The number of aliphatic hydroxyl groups excluding tert-OH is 1. The summed E-state index contributed by atoms with van der Waals surface area (Å²) in [7, 11) is -6.02. The Kier molecular flexibility index (Phi) is 15.3. The highest BCUT2D eigenvalue weighted by Crippen LogP contribution is 2.17. The van der Waals surface area contributed by atoms with Crippen molar-refractivity contribution in [3.63, 3.8) is 0 Å². The minimum absolute atomic E-state index is 0.0907. The Morgan fingerprint density at radius 3 is 2.14 bits per heavy atom. The van der Waals surface area contributed by atoms with E-state index in [2.05, 4.69) is 16.0 Å². The fraction of sp³-hybridized carbons (Fsp3) is 0.548. The summed E-state index contributed by atoms with van der Waals surface area (Å²) in [5.41, 5.74) is 1.74. The summed E-state index contributed by atoms with van der Waals surface area (Å²) in [6, 6.07) is 14.2. The smallest absolute Gasteiger partial charge is 0.243 e. The van der Waals surface area contributed by atoms with Crippen LogP contribution in [0.25, 0.3) is 0 Å². The maximum atomic E-state index is 13.6. The molecule has 246 valence electrons. The second-order valence-corrected chi connectivity index (χ2v) is 15.5. The van der Waals surface area contributed by atoms with E-state index < -0.39 is 66.4 Å². The maximum Gasteiger partial charge on any atom is 0.243 e. The summed E-state index contributed by atoms with van der Waals surface area (Å²) in [6.45, 7) is 4.24. The van der Waals surface area contributed by atoms with E-state index in [1.165, 1.54) is 0 Å². The van der Waals surface area contributed by atoms with Crippen LogP contribution in [0.4, 0.5) is 0 Å². The molecule has 0 heterocycles. The van der Waals surface area contributed by atoms with Crippen molar-refractivity contribution in [2.24, 2.45) is 0 Å². The van der Waals surface area contributed by atoms with Gasteiger partial charge in [-0.2, -0.15) is 0 Å². The van der Waals surface area contributed by atoms with E-state index in [-0.39, 0.29) is 13.0 Å². The predicted molar refractivity (Wildman–Crippen MR) is 172 cm³/mol. The summed E-state index contributed by atoms with van der Waals surface area (Å²) < 4.78 is 55.5. The van der Waals surface area contributed by atoms with Crippen molar-refractivity contribution in [1.29, 1.82) is 0 Å². The highest BCUT2D eigenvalue weighted by atomic mass is 32.2. The Morgan fingerprint density at radius 1 is 0.909 bits per heavy atom. The number of benzene rings is 2. The van der Waals surface area contributed by atoms with Crippen LogP contribution in [0.3, 0.4) is 0 Å². The molecular weight excluding hydrogens is 606 g/mol. The standard InChI is InChI=1S/C31H47N3O8S2/c1-5-11-26(12-6-2)44(40,41)21-28(33-30(36)22-43(4,38)39)31(37)34-27(18-23-13-8-7-9-14-23)29(35)20-32-19-24-15-10-16-25(17-24)42-3/h7-10,13-17,26-29,32,35H,5-6,11-12,18-22H2,1-4H3,(H,33,36)(H,34,37)/t27-,28-,29+/m0/s1. The molecule has 4 N–H and O–H groups in total. The topological polar surface area (TPSA) is 168 Å². The first-order valence-electron chi connectivity index (χ1n) is 14.8. The fourth-order valence-electron chi connectivity index (χ4n) is 4.90. The quantitative estimate of drug-likeness (QED) is 0.167. The molecular formula is C31H47N3O8S2. The summed E-state index contributed by atoms with van der Waals surface area (Å²) in [6.07, 6.45) is 2.04. The van der Waals surface area contributed by atoms with Gasteiger partial charge in [0.05, 0.1) is 30.3 Å². The van der Waals surface area contributed by atoms with Crippen LogP contribution in [0, 0.1) is 0 Å². The van der Waals surface area contributed by atoms with E-state index in [1.807, 2.05) is 68.4 Å². The van der Waals surface area contributed by atoms with E-state index in [4.69, 9.17) is 4.74 Å². The number of hydrogen-bond acceptors (Lipinski definition) is 9. The lowest BCUT2D eigenvalue weighted by Crippen LogP contribution is -2.57. The largest absolute Gasteiger partial charge is 0.497 e. The number of rotatable bonds is 20. The van der Waals surface area contributed by atoms with Gasteiger partial charge in [0, 0.05) is 19.3 Å². The Balaban J connectivity index is 2.29. The van der Waals surface area contributed by atoms with Crippen molar-refractivity contribution >= 4 is 31.5 Å². The van der Waals surface area contributed by atoms with Gasteiger partial charge in [-0.15, -0.1) is 0 Å². The normalized spacial score (nSPS) is 14.0. The maximum absolute atomic E-state index is 13.6. The molecule has 0 bridgehead atoms. The van der Waals surface area contributed by atoms with E-state index >= 15 is 0 Å². The first-order chi connectivity index (χ1) is 20.8. The molecule has 0 aromatic heterocycles. The summed E-state index contributed by atoms with van der Waals surface area (Å²) in [5.74, 6) is -2.70. The molecule has 2 amide bonds. The Morgan fingerprint density at radius 2 is 1.55 bits per heavy atom. The van der Waals surface area contributed by atoms with Crippen LogP contribution in [0.5, 0.6) is 5.75 Å². The number of carbonyl (C=O) groups is 2. The molecule has 0 spiro atoms. The first-order valence-corrected chi connectivity index (χ1v) is 18.6. The molecule has 0 saturated carbocycles. The minimum atomic E-state index is -3.86. The molecule has 0 aliphatic rings. The number of carbonyl (C=O) groups excluding carboxylic acids is 2. The van der Waals surface area contributed by atoms with Crippen LogP contribution in [0.2, 0.25) is 0 Å². The average molecular weight is 654 g/mol. The number of methoxy groups -OCH3 is 1. The van der Waals surface area contributed by atoms with Crippen molar-refractivity contribution < 1.29 is 36.3 Å². The zero-order chi connectivity index (χ0) is 32.8. The third kappa shape index (κ3) is 13.3. The number of nitrogens with one attached hydrogen (secondary N) is 3. The molecule has 0 aliphatic carbocycles. The van der Waals surface area contributed by atoms with Crippen LogP contribution in [0.1, 0.15) is 50.7 Å². The molecule has 0 saturated heterocycles. The molecule has 0 radical (unpaired) electrons. The van der Waals surface area contributed by atoms with Crippen molar-refractivity contribution in [3.8, 4) is 5.75 Å². The Bertz CT molecular complexity index is 1400. The van der Waals surface area contributed by atoms with E-state index in [1.54, 1.807) is 7.11 Å². The minimum Gasteiger partial charge on any atom is -0.497 e. The fourth-order valence-corrected chi connectivity index (χ4v) is 7.62. The predicted octanol–water partition coefficient (Wildman–Crippen LogP) is 1.79. The highest BCUT2D eigenvalue weighted by Gasteiger charge is 2.34. The van der Waals surface area contributed by atoms with Gasteiger partial charge in [-0.05, 0) is 42.5 Å². The summed E-state index contributed by atoms with van der Waals surface area (Å²) in [4.78, 5) is 26.2. The van der Waals surface area contributed by atoms with Crippen LogP contribution in [-0.4, -0.2) is 88.6 Å². The first kappa shape index (κ1) is 37.2. The number of hydrogen-bond donors (Lipinski definition) is 4. The molecule has 2 aromatic carbocycles. The van der Waals surface area contributed by atoms with Gasteiger partial charge < -0.3 is 25.8 Å². The summed E-state index contributed by atoms with van der Waals surface area (Å²) >= 11 is 0. The van der Waals surface area contributed by atoms with Crippen molar-refractivity contribution in [1.82, 2.24) is 16.0 Å². The number of sulfone groups is 2. The zero-order valence-corrected chi connectivity index (χ0v) is 27.6. The van der Waals surface area contributed by atoms with Crippen LogP contribution < -0.4 is 20.7 Å². The zero-order valence-electron chi connectivity index (χ0n) is 26.0. The molecule has 0 fully saturated rings. The van der Waals surface area contributed by atoms with Gasteiger partial charge in [-0.25, -0.2) is 16.8 Å². The lowest BCUT2D eigenvalue weighted by Gasteiger charge is -2.28. The highest BCUT2D eigenvalue weighted by molar-refractivity contribution is 7.92. The monoisotopic (exact) mass is 653 g/mol. The lowest BCUT2D eigenvalue weighted by molar-refractivity contribution is -0.128. The molecule has 0 aliphatic heterocycles. The Hall–Kier alpha value is -3.00. The van der Waals surface area contributed by atoms with Gasteiger partial charge in [0.15, 0.2) is 19.7 Å². The van der Waals surface area contributed by atoms with Crippen LogP contribution in [0.15, 0.2) is 54.6 Å². The van der Waals surface area contributed by atoms with Gasteiger partial charge >= 0.3 is 0 Å². The van der Waals surface area contributed by atoms with Crippen molar-refractivity contribution in [2.45, 2.75) is 75.9 Å². The average Bonchev–Trinajstić information content (AvgIpc) is 2.95. The number of aliphatic hydroxyl groups is 1. The van der Waals surface area contributed by atoms with Gasteiger partial charge in [-0.1, -0.05) is 69.2 Å². The van der Waals surface area contributed by atoms with Gasteiger partial charge in [0.2, 0.25) is 11.8 Å². The Labute approximate surface area is 262 Å². The molecule has 44 heavy (non-hydrogen) atoms. The number of amides is 2. The third-order valence-corrected chi connectivity index (χ3v) is 10.2. The molecule has 11 nitrogen and oxygen atoms in total. The summed E-state index contributed by atoms with van der Waals surface area (Å²) in [5, 5.41) is 18.7. The van der Waals surface area contributed by atoms with Crippen LogP contribution >= 0.6 is 0 Å². The van der Waals surface area contributed by atoms with Crippen LogP contribution in [-0.2, 0) is 42.2 Å². The molecule has 13 heteroatoms. The van der Waals surface area contributed by atoms with E-state index in [9.17, 15) is 31.5 Å². The molecule has 3 atom stereocenters. The van der Waals surface area contributed by atoms with Gasteiger partial charge in [0.1, 0.15) is 17.5 Å². The van der Waals surface area contributed by atoms with E-state index in [0.29, 0.717) is 38.0 Å². The molecule has 2 rings (SSSR count). The lowest BCUT2D eigenvalue weighted by atomic mass is 10.0. The molecule has 0 unspecified atom stereocenters. The molecule has 2 aromatic rings. The number of ether oxygens (including phenoxy) is 1. The second-order valence-electron chi connectivity index (χ2n) is 11.1. The third-order valence-electron chi connectivity index (χ3n) is 7.08. The van der Waals surface area contributed by atoms with Gasteiger partial charge in [-0.3, -0.25) is 9.59 Å². The van der Waals surface area contributed by atoms with Crippen molar-refractivity contribution in [2.75, 3.05) is 31.4 Å². The van der Waals surface area contributed by atoms with Crippen molar-refractivity contribution in [3.05, 3.63) is 65.7 Å². The van der Waals surface area contributed by atoms with E-state index in [0.717, 1.165) is 17.4 Å². The second kappa shape index (κ2) is 18.1. The van der Waals surface area contributed by atoms with Gasteiger partial charge in [0.25, 0.3) is 0 Å².